The lowest BCUT2D eigenvalue weighted by molar-refractivity contribution is -0.385. The highest BCUT2D eigenvalue weighted by molar-refractivity contribution is 7.98. The third kappa shape index (κ3) is 3.48. The van der Waals surface area contributed by atoms with Crippen LogP contribution in [0.2, 0.25) is 0 Å². The summed E-state index contributed by atoms with van der Waals surface area (Å²) in [5, 5.41) is 30.8. The van der Waals surface area contributed by atoms with Crippen LogP contribution in [-0.2, 0) is 12.3 Å². The molecule has 2 aromatic rings. The zero-order valence-electron chi connectivity index (χ0n) is 10.1. The SMILES string of the molecule is O=[N+]([O-])c1cc(F)cc(CSc2nnnn2CCO)c1. The van der Waals surface area contributed by atoms with Gasteiger partial charge in [0.1, 0.15) is 5.82 Å². The molecule has 10 heteroatoms. The second-order valence-corrected chi connectivity index (χ2v) is 4.71. The number of halogens is 1. The van der Waals surface area contributed by atoms with E-state index in [9.17, 15) is 14.5 Å². The number of hydrogen-bond acceptors (Lipinski definition) is 7. The van der Waals surface area contributed by atoms with Gasteiger partial charge in [0.05, 0.1) is 24.1 Å². The van der Waals surface area contributed by atoms with Gasteiger partial charge in [0.2, 0.25) is 5.16 Å². The third-order valence-corrected chi connectivity index (χ3v) is 3.36. The highest BCUT2D eigenvalue weighted by atomic mass is 32.2. The lowest BCUT2D eigenvalue weighted by Gasteiger charge is -2.03. The van der Waals surface area contributed by atoms with Crippen LogP contribution in [0, 0.1) is 15.9 Å². The van der Waals surface area contributed by atoms with Gasteiger partial charge in [0.15, 0.2) is 0 Å². The summed E-state index contributed by atoms with van der Waals surface area (Å²) < 4.78 is 14.7. The van der Waals surface area contributed by atoms with Crippen molar-refractivity contribution in [3.8, 4) is 0 Å². The standard InChI is InChI=1S/C10H10FN5O3S/c11-8-3-7(4-9(5-8)16(18)19)6-20-10-12-13-14-15(10)1-2-17/h3-5,17H,1-2,6H2. The van der Waals surface area contributed by atoms with Crippen LogP contribution in [0.4, 0.5) is 10.1 Å². The van der Waals surface area contributed by atoms with Crippen molar-refractivity contribution in [3.05, 3.63) is 39.7 Å². The molecular formula is C10H10FN5O3S. The Morgan fingerprint density at radius 1 is 1.45 bits per heavy atom. The summed E-state index contributed by atoms with van der Waals surface area (Å²) in [5.74, 6) is -0.380. The Bertz CT molecular complexity index is 621. The molecular weight excluding hydrogens is 289 g/mol. The van der Waals surface area contributed by atoms with E-state index < -0.39 is 10.7 Å². The molecule has 20 heavy (non-hydrogen) atoms. The summed E-state index contributed by atoms with van der Waals surface area (Å²) in [5.41, 5.74) is 0.163. The van der Waals surface area contributed by atoms with Gasteiger partial charge in [-0.15, -0.1) is 5.10 Å². The van der Waals surface area contributed by atoms with E-state index in [1.807, 2.05) is 0 Å². The minimum Gasteiger partial charge on any atom is -0.394 e. The summed E-state index contributed by atoms with van der Waals surface area (Å²) in [6, 6.07) is 3.39. The van der Waals surface area contributed by atoms with Gasteiger partial charge in [-0.2, -0.15) is 0 Å². The summed E-state index contributed by atoms with van der Waals surface area (Å²) >= 11 is 1.20. The Hall–Kier alpha value is -2.07. The van der Waals surface area contributed by atoms with Crippen molar-refractivity contribution in [3.63, 3.8) is 0 Å². The first kappa shape index (κ1) is 14.3. The number of rotatable bonds is 6. The van der Waals surface area contributed by atoms with E-state index in [1.54, 1.807) is 0 Å². The van der Waals surface area contributed by atoms with E-state index in [-0.39, 0.29) is 24.6 Å². The predicted molar refractivity (Wildman–Crippen MR) is 67.5 cm³/mol. The minimum atomic E-state index is -0.662. The van der Waals surface area contributed by atoms with Gasteiger partial charge in [-0.1, -0.05) is 11.8 Å². The van der Waals surface area contributed by atoms with Crippen LogP contribution >= 0.6 is 11.8 Å². The number of nitro benzene ring substituents is 1. The van der Waals surface area contributed by atoms with Crippen molar-refractivity contribution in [2.24, 2.45) is 0 Å². The highest BCUT2D eigenvalue weighted by Crippen LogP contribution is 2.23. The Morgan fingerprint density at radius 3 is 2.95 bits per heavy atom. The van der Waals surface area contributed by atoms with E-state index in [4.69, 9.17) is 5.11 Å². The Balaban J connectivity index is 2.10. The summed E-state index contributed by atoms with van der Waals surface area (Å²) in [6.45, 7) is 0.142. The topological polar surface area (TPSA) is 107 Å². The van der Waals surface area contributed by atoms with Gasteiger partial charge in [-0.05, 0) is 22.1 Å². The number of thioether (sulfide) groups is 1. The molecule has 106 valence electrons. The van der Waals surface area contributed by atoms with Crippen molar-refractivity contribution in [2.75, 3.05) is 6.61 Å². The van der Waals surface area contributed by atoms with E-state index in [0.29, 0.717) is 10.7 Å². The van der Waals surface area contributed by atoms with Crippen molar-refractivity contribution in [1.82, 2.24) is 20.2 Å². The average Bonchev–Trinajstić information content (AvgIpc) is 2.83. The molecule has 8 nitrogen and oxygen atoms in total. The maximum atomic E-state index is 13.3. The predicted octanol–water partition coefficient (Wildman–Crippen LogP) is 1.00. The molecule has 0 amide bonds. The smallest absolute Gasteiger partial charge is 0.272 e. The number of aliphatic hydroxyl groups excluding tert-OH is 1. The number of aliphatic hydroxyl groups is 1. The van der Waals surface area contributed by atoms with Crippen LogP contribution in [-0.4, -0.2) is 36.8 Å². The van der Waals surface area contributed by atoms with Crippen LogP contribution in [0.25, 0.3) is 0 Å². The highest BCUT2D eigenvalue weighted by Gasteiger charge is 2.12. The van der Waals surface area contributed by atoms with Crippen LogP contribution < -0.4 is 0 Å². The molecule has 0 saturated heterocycles. The van der Waals surface area contributed by atoms with E-state index >= 15 is 0 Å². The fraction of sp³-hybridized carbons (Fsp3) is 0.300. The fourth-order valence-electron chi connectivity index (χ4n) is 1.50. The molecule has 0 aliphatic rings. The number of non-ortho nitro benzene ring substituents is 1. The van der Waals surface area contributed by atoms with Gasteiger partial charge >= 0.3 is 0 Å². The van der Waals surface area contributed by atoms with Gasteiger partial charge in [0, 0.05) is 11.8 Å². The number of benzene rings is 1. The molecule has 1 aromatic carbocycles. The molecule has 0 saturated carbocycles. The van der Waals surface area contributed by atoms with Crippen LogP contribution in [0.15, 0.2) is 23.4 Å². The Morgan fingerprint density at radius 2 is 2.25 bits per heavy atom. The molecule has 0 spiro atoms. The Kier molecular flexibility index (Phi) is 4.58. The molecule has 0 radical (unpaired) electrons. The van der Waals surface area contributed by atoms with E-state index in [1.165, 1.54) is 28.6 Å². The minimum absolute atomic E-state index is 0.107. The second-order valence-electron chi connectivity index (χ2n) is 3.77. The molecule has 1 N–H and O–H groups in total. The molecule has 0 unspecified atom stereocenters. The number of nitro groups is 1. The summed E-state index contributed by atoms with van der Waals surface area (Å²) in [7, 11) is 0. The monoisotopic (exact) mass is 299 g/mol. The number of nitrogens with zero attached hydrogens (tertiary/aromatic N) is 5. The van der Waals surface area contributed by atoms with Gasteiger partial charge in [0.25, 0.3) is 5.69 Å². The average molecular weight is 299 g/mol. The maximum absolute atomic E-state index is 13.3. The molecule has 2 rings (SSSR count). The van der Waals surface area contributed by atoms with Crippen molar-refractivity contribution in [1.29, 1.82) is 0 Å². The largest absolute Gasteiger partial charge is 0.394 e. The van der Waals surface area contributed by atoms with Crippen molar-refractivity contribution < 1.29 is 14.4 Å². The first-order chi connectivity index (χ1) is 9.60. The van der Waals surface area contributed by atoms with Gasteiger partial charge in [-0.25, -0.2) is 9.07 Å². The van der Waals surface area contributed by atoms with Crippen LogP contribution in [0.1, 0.15) is 5.56 Å². The molecule has 0 aliphatic carbocycles. The van der Waals surface area contributed by atoms with Crippen LogP contribution in [0.3, 0.4) is 0 Å². The second kappa shape index (κ2) is 6.39. The van der Waals surface area contributed by atoms with Gasteiger partial charge in [-0.3, -0.25) is 10.1 Å². The zero-order chi connectivity index (χ0) is 14.5. The maximum Gasteiger partial charge on any atom is 0.272 e. The van der Waals surface area contributed by atoms with E-state index in [0.717, 1.165) is 6.07 Å². The lowest BCUT2D eigenvalue weighted by Crippen LogP contribution is -2.05. The third-order valence-electron chi connectivity index (χ3n) is 2.33. The number of hydrogen-bond donors (Lipinski definition) is 1. The van der Waals surface area contributed by atoms with E-state index in [2.05, 4.69) is 15.5 Å². The number of tetrazole rings is 1. The Labute approximate surface area is 116 Å². The quantitative estimate of drug-likeness (QED) is 0.481. The number of aromatic nitrogens is 4. The normalized spacial score (nSPS) is 10.7. The molecule has 0 atom stereocenters. The molecule has 0 aliphatic heterocycles. The lowest BCUT2D eigenvalue weighted by atomic mass is 10.2. The van der Waals surface area contributed by atoms with Crippen molar-refractivity contribution in [2.45, 2.75) is 17.5 Å². The first-order valence-corrected chi connectivity index (χ1v) is 6.52. The molecule has 1 heterocycles. The van der Waals surface area contributed by atoms with Crippen molar-refractivity contribution >= 4 is 17.4 Å². The van der Waals surface area contributed by atoms with Crippen LogP contribution in [0.5, 0.6) is 0 Å². The molecule has 0 bridgehead atoms. The zero-order valence-corrected chi connectivity index (χ0v) is 11.0. The fourth-order valence-corrected chi connectivity index (χ4v) is 2.34. The molecule has 0 fully saturated rings. The summed E-state index contributed by atoms with van der Waals surface area (Å²) in [4.78, 5) is 10.00. The summed E-state index contributed by atoms with van der Waals surface area (Å²) in [6.07, 6.45) is 0. The first-order valence-electron chi connectivity index (χ1n) is 5.54. The molecule has 1 aromatic heterocycles. The van der Waals surface area contributed by atoms with Gasteiger partial charge < -0.3 is 5.11 Å².